The summed E-state index contributed by atoms with van der Waals surface area (Å²) in [7, 11) is 0. The molecular weight excluding hydrogens is 302 g/mol. The van der Waals surface area contributed by atoms with Gasteiger partial charge in [0, 0.05) is 43.5 Å². The van der Waals surface area contributed by atoms with Crippen molar-refractivity contribution in [1.82, 2.24) is 9.97 Å². The van der Waals surface area contributed by atoms with Crippen LogP contribution in [0.4, 0.5) is 5.82 Å². The van der Waals surface area contributed by atoms with Gasteiger partial charge in [0.1, 0.15) is 11.6 Å². The van der Waals surface area contributed by atoms with Crippen LogP contribution >= 0.6 is 0 Å². The van der Waals surface area contributed by atoms with Crippen LogP contribution in [0.15, 0.2) is 0 Å². The standard InChI is InChI=1S/C19H27N3O2/c23-14-10-19(6-8-24-9-7-19)12-22(11-14)18-15-2-1-3-16(15)20-17(21-18)13-4-5-13/h13-14,23H,1-12H2. The van der Waals surface area contributed by atoms with E-state index in [1.807, 2.05) is 0 Å². The van der Waals surface area contributed by atoms with Gasteiger partial charge < -0.3 is 14.7 Å². The maximum absolute atomic E-state index is 10.6. The van der Waals surface area contributed by atoms with E-state index in [1.165, 1.54) is 30.5 Å². The minimum Gasteiger partial charge on any atom is -0.391 e. The van der Waals surface area contributed by atoms with Gasteiger partial charge in [-0.1, -0.05) is 0 Å². The Kier molecular flexibility index (Phi) is 3.56. The van der Waals surface area contributed by atoms with Crippen molar-refractivity contribution in [3.05, 3.63) is 17.1 Å². The van der Waals surface area contributed by atoms with Gasteiger partial charge in [0.2, 0.25) is 0 Å². The number of aliphatic hydroxyl groups excluding tert-OH is 1. The number of piperidine rings is 1. The lowest BCUT2D eigenvalue weighted by Gasteiger charge is -2.47. The third-order valence-electron chi connectivity index (χ3n) is 6.35. The van der Waals surface area contributed by atoms with Gasteiger partial charge in [0.25, 0.3) is 0 Å². The molecule has 2 aliphatic heterocycles. The Morgan fingerprint density at radius 1 is 1.12 bits per heavy atom. The smallest absolute Gasteiger partial charge is 0.135 e. The van der Waals surface area contributed by atoms with Crippen molar-refractivity contribution in [2.75, 3.05) is 31.2 Å². The summed E-state index contributed by atoms with van der Waals surface area (Å²) < 4.78 is 5.58. The van der Waals surface area contributed by atoms with Crippen LogP contribution in [-0.4, -0.2) is 47.5 Å². The van der Waals surface area contributed by atoms with Crippen LogP contribution in [0.1, 0.15) is 61.5 Å². The molecule has 24 heavy (non-hydrogen) atoms. The molecule has 5 rings (SSSR count). The van der Waals surface area contributed by atoms with E-state index in [0.717, 1.165) is 70.0 Å². The zero-order valence-corrected chi connectivity index (χ0v) is 14.3. The molecule has 1 spiro atoms. The van der Waals surface area contributed by atoms with Gasteiger partial charge >= 0.3 is 0 Å². The Morgan fingerprint density at radius 2 is 1.96 bits per heavy atom. The molecule has 1 N–H and O–H groups in total. The van der Waals surface area contributed by atoms with Crippen LogP contribution in [0.5, 0.6) is 0 Å². The molecule has 1 atom stereocenters. The maximum Gasteiger partial charge on any atom is 0.135 e. The Bertz CT molecular complexity index is 638. The molecule has 4 aliphatic rings. The quantitative estimate of drug-likeness (QED) is 0.901. The summed E-state index contributed by atoms with van der Waals surface area (Å²) in [6.07, 6.45) is 8.64. The van der Waals surface area contributed by atoms with E-state index in [0.29, 0.717) is 5.92 Å². The molecule has 0 radical (unpaired) electrons. The number of rotatable bonds is 2. The highest BCUT2D eigenvalue weighted by atomic mass is 16.5. The fourth-order valence-electron chi connectivity index (χ4n) is 4.90. The number of aryl methyl sites for hydroxylation is 1. The average Bonchev–Trinajstić information content (AvgIpc) is 3.31. The number of hydrogen-bond acceptors (Lipinski definition) is 5. The molecule has 2 saturated heterocycles. The lowest BCUT2D eigenvalue weighted by Crippen LogP contribution is -2.52. The van der Waals surface area contributed by atoms with E-state index >= 15 is 0 Å². The lowest BCUT2D eigenvalue weighted by atomic mass is 9.73. The number of nitrogens with zero attached hydrogens (tertiary/aromatic N) is 3. The number of ether oxygens (including phenoxy) is 1. The van der Waals surface area contributed by atoms with E-state index < -0.39 is 0 Å². The minimum atomic E-state index is -0.256. The van der Waals surface area contributed by atoms with E-state index in [2.05, 4.69) is 4.90 Å². The first kappa shape index (κ1) is 15.1. The van der Waals surface area contributed by atoms with Crippen molar-refractivity contribution in [2.45, 2.75) is 63.4 Å². The van der Waals surface area contributed by atoms with E-state index in [1.54, 1.807) is 0 Å². The normalized spacial score (nSPS) is 29.0. The van der Waals surface area contributed by atoms with Gasteiger partial charge in [-0.25, -0.2) is 9.97 Å². The van der Waals surface area contributed by atoms with Crippen molar-refractivity contribution in [3.63, 3.8) is 0 Å². The predicted octanol–water partition coefficient (Wildman–Crippen LogP) is 2.21. The Balaban J connectivity index is 1.50. The van der Waals surface area contributed by atoms with Gasteiger partial charge in [-0.05, 0) is 56.8 Å². The van der Waals surface area contributed by atoms with Crippen LogP contribution < -0.4 is 4.90 Å². The average molecular weight is 329 g/mol. The fraction of sp³-hybridized carbons (Fsp3) is 0.789. The molecule has 2 aliphatic carbocycles. The highest BCUT2D eigenvalue weighted by molar-refractivity contribution is 5.52. The predicted molar refractivity (Wildman–Crippen MR) is 91.4 cm³/mol. The fourth-order valence-corrected chi connectivity index (χ4v) is 4.90. The van der Waals surface area contributed by atoms with Gasteiger partial charge in [-0.2, -0.15) is 0 Å². The van der Waals surface area contributed by atoms with Crippen molar-refractivity contribution in [2.24, 2.45) is 5.41 Å². The van der Waals surface area contributed by atoms with Gasteiger partial charge in [0.15, 0.2) is 0 Å². The number of fused-ring (bicyclic) bond motifs is 1. The summed E-state index contributed by atoms with van der Waals surface area (Å²) in [4.78, 5) is 12.3. The number of β-amino-alcohol motifs (C(OH)–C–C–N with tert-alkyl or cyclic N) is 1. The topological polar surface area (TPSA) is 58.5 Å². The minimum absolute atomic E-state index is 0.200. The molecule has 1 unspecified atom stereocenters. The first-order valence-corrected chi connectivity index (χ1v) is 9.63. The van der Waals surface area contributed by atoms with Crippen molar-refractivity contribution in [1.29, 1.82) is 0 Å². The zero-order valence-electron chi connectivity index (χ0n) is 14.3. The summed E-state index contributed by atoms with van der Waals surface area (Å²) >= 11 is 0. The molecule has 0 aromatic carbocycles. The molecule has 3 fully saturated rings. The van der Waals surface area contributed by atoms with Gasteiger partial charge in [0.05, 0.1) is 6.10 Å². The third kappa shape index (κ3) is 2.62. The summed E-state index contributed by atoms with van der Waals surface area (Å²) in [5, 5.41) is 10.6. The second-order valence-electron chi connectivity index (χ2n) is 8.31. The molecule has 130 valence electrons. The van der Waals surface area contributed by atoms with E-state index in [-0.39, 0.29) is 11.5 Å². The summed E-state index contributed by atoms with van der Waals surface area (Å²) in [6.45, 7) is 3.39. The molecular formula is C19H27N3O2. The van der Waals surface area contributed by atoms with Crippen molar-refractivity contribution in [3.8, 4) is 0 Å². The Hall–Kier alpha value is -1.20. The van der Waals surface area contributed by atoms with Crippen molar-refractivity contribution < 1.29 is 9.84 Å². The first-order valence-electron chi connectivity index (χ1n) is 9.63. The van der Waals surface area contributed by atoms with Crippen LogP contribution in [0.2, 0.25) is 0 Å². The van der Waals surface area contributed by atoms with E-state index in [9.17, 15) is 5.11 Å². The highest BCUT2D eigenvalue weighted by Gasteiger charge is 2.42. The number of anilines is 1. The van der Waals surface area contributed by atoms with Gasteiger partial charge in [-0.15, -0.1) is 0 Å². The molecule has 5 nitrogen and oxygen atoms in total. The molecule has 0 amide bonds. The molecule has 3 heterocycles. The lowest BCUT2D eigenvalue weighted by molar-refractivity contribution is -0.0214. The second kappa shape index (κ2) is 5.67. The van der Waals surface area contributed by atoms with Crippen LogP contribution in [0.3, 0.4) is 0 Å². The van der Waals surface area contributed by atoms with Crippen LogP contribution in [0, 0.1) is 5.41 Å². The maximum atomic E-state index is 10.6. The molecule has 5 heteroatoms. The Labute approximate surface area is 143 Å². The monoisotopic (exact) mass is 329 g/mol. The van der Waals surface area contributed by atoms with Crippen LogP contribution in [0.25, 0.3) is 0 Å². The summed E-state index contributed by atoms with van der Waals surface area (Å²) in [5.74, 6) is 2.79. The SMILES string of the molecule is OC1CN(c2nc(C3CC3)nc3c2CCC3)CC2(CCOCC2)C1. The highest BCUT2D eigenvalue weighted by Crippen LogP contribution is 2.44. The van der Waals surface area contributed by atoms with Crippen molar-refractivity contribution >= 4 is 5.82 Å². The molecule has 1 aromatic heterocycles. The van der Waals surface area contributed by atoms with Crippen LogP contribution in [-0.2, 0) is 17.6 Å². The molecule has 1 saturated carbocycles. The number of aromatic nitrogens is 2. The largest absolute Gasteiger partial charge is 0.391 e. The third-order valence-corrected chi connectivity index (χ3v) is 6.35. The number of hydrogen-bond donors (Lipinski definition) is 1. The summed E-state index contributed by atoms with van der Waals surface area (Å²) in [6, 6.07) is 0. The summed E-state index contributed by atoms with van der Waals surface area (Å²) in [5.41, 5.74) is 2.84. The first-order chi connectivity index (χ1) is 11.7. The van der Waals surface area contributed by atoms with E-state index in [4.69, 9.17) is 14.7 Å². The Morgan fingerprint density at radius 3 is 2.75 bits per heavy atom. The molecule has 0 bridgehead atoms. The molecule has 1 aromatic rings. The zero-order chi connectivity index (χ0) is 16.1. The van der Waals surface area contributed by atoms with Gasteiger partial charge in [-0.3, -0.25) is 0 Å². The second-order valence-corrected chi connectivity index (χ2v) is 8.31. The number of aliphatic hydroxyl groups is 1.